The fourth-order valence-electron chi connectivity index (χ4n) is 1.17. The molecule has 0 bridgehead atoms. The predicted molar refractivity (Wildman–Crippen MR) is 54.5 cm³/mol. The van der Waals surface area contributed by atoms with E-state index in [1.807, 2.05) is 6.07 Å². The standard InChI is InChI=1S/C11H16FNO/c1-8-3-4-10(5-11(8)12)7-13-6-9(2)14/h3-5,9,13-14H,6-7H2,1-2H3/t9-/m1/s1. The summed E-state index contributed by atoms with van der Waals surface area (Å²) in [6.45, 7) is 4.56. The lowest BCUT2D eigenvalue weighted by atomic mass is 10.1. The van der Waals surface area contributed by atoms with Crippen molar-refractivity contribution in [2.45, 2.75) is 26.5 Å². The van der Waals surface area contributed by atoms with Gasteiger partial charge in [-0.05, 0) is 31.0 Å². The van der Waals surface area contributed by atoms with Gasteiger partial charge in [0.15, 0.2) is 0 Å². The lowest BCUT2D eigenvalue weighted by Gasteiger charge is -2.07. The van der Waals surface area contributed by atoms with Crippen molar-refractivity contribution >= 4 is 0 Å². The van der Waals surface area contributed by atoms with Gasteiger partial charge in [0.2, 0.25) is 0 Å². The SMILES string of the molecule is Cc1ccc(CNC[C@@H](C)O)cc1F. The van der Waals surface area contributed by atoms with Crippen LogP contribution in [0.1, 0.15) is 18.1 Å². The highest BCUT2D eigenvalue weighted by Gasteiger charge is 1.99. The normalized spacial score (nSPS) is 12.9. The van der Waals surface area contributed by atoms with Crippen molar-refractivity contribution in [2.75, 3.05) is 6.54 Å². The first-order chi connectivity index (χ1) is 6.59. The molecule has 0 fully saturated rings. The monoisotopic (exact) mass is 197 g/mol. The molecule has 1 aromatic rings. The molecule has 78 valence electrons. The lowest BCUT2D eigenvalue weighted by Crippen LogP contribution is -2.23. The van der Waals surface area contributed by atoms with Crippen LogP contribution in [0.3, 0.4) is 0 Å². The first-order valence-electron chi connectivity index (χ1n) is 4.73. The lowest BCUT2D eigenvalue weighted by molar-refractivity contribution is 0.191. The topological polar surface area (TPSA) is 32.3 Å². The summed E-state index contributed by atoms with van der Waals surface area (Å²) in [5.74, 6) is -0.179. The first kappa shape index (κ1) is 11.1. The van der Waals surface area contributed by atoms with E-state index in [0.717, 1.165) is 5.56 Å². The Hall–Kier alpha value is -0.930. The first-order valence-corrected chi connectivity index (χ1v) is 4.73. The second-order valence-electron chi connectivity index (χ2n) is 3.56. The molecule has 0 aliphatic carbocycles. The van der Waals surface area contributed by atoms with E-state index in [0.29, 0.717) is 18.7 Å². The molecule has 0 radical (unpaired) electrons. The minimum Gasteiger partial charge on any atom is -0.392 e. The molecule has 0 aromatic heterocycles. The maximum atomic E-state index is 13.1. The van der Waals surface area contributed by atoms with Crippen LogP contribution in [0.5, 0.6) is 0 Å². The van der Waals surface area contributed by atoms with Crippen molar-refractivity contribution in [3.63, 3.8) is 0 Å². The molecule has 0 unspecified atom stereocenters. The molecule has 0 amide bonds. The molecule has 0 spiro atoms. The van der Waals surface area contributed by atoms with Crippen LogP contribution in [-0.4, -0.2) is 17.8 Å². The van der Waals surface area contributed by atoms with Gasteiger partial charge in [-0.15, -0.1) is 0 Å². The summed E-state index contributed by atoms with van der Waals surface area (Å²) in [4.78, 5) is 0. The zero-order chi connectivity index (χ0) is 10.6. The van der Waals surface area contributed by atoms with Gasteiger partial charge in [0.05, 0.1) is 6.10 Å². The van der Waals surface area contributed by atoms with Crippen molar-refractivity contribution in [2.24, 2.45) is 0 Å². The quantitative estimate of drug-likeness (QED) is 0.768. The number of rotatable bonds is 4. The van der Waals surface area contributed by atoms with E-state index in [9.17, 15) is 4.39 Å². The fraction of sp³-hybridized carbons (Fsp3) is 0.455. The highest BCUT2D eigenvalue weighted by Crippen LogP contribution is 2.08. The molecular weight excluding hydrogens is 181 g/mol. The Kier molecular flexibility index (Phi) is 4.04. The molecule has 2 N–H and O–H groups in total. The minimum absolute atomic E-state index is 0.179. The summed E-state index contributed by atoms with van der Waals surface area (Å²) in [6.07, 6.45) is -0.370. The Labute approximate surface area is 83.8 Å². The Morgan fingerprint density at radius 2 is 2.21 bits per heavy atom. The highest BCUT2D eigenvalue weighted by molar-refractivity contribution is 5.23. The molecule has 1 atom stereocenters. The number of hydrogen-bond acceptors (Lipinski definition) is 2. The van der Waals surface area contributed by atoms with E-state index in [4.69, 9.17) is 5.11 Å². The third-order valence-electron chi connectivity index (χ3n) is 2.01. The number of hydrogen-bond donors (Lipinski definition) is 2. The highest BCUT2D eigenvalue weighted by atomic mass is 19.1. The number of aliphatic hydroxyl groups excluding tert-OH is 1. The van der Waals surface area contributed by atoms with Gasteiger partial charge in [-0.3, -0.25) is 0 Å². The van der Waals surface area contributed by atoms with Crippen molar-refractivity contribution in [1.82, 2.24) is 5.32 Å². The van der Waals surface area contributed by atoms with Crippen LogP contribution in [0, 0.1) is 12.7 Å². The average Bonchev–Trinajstić information content (AvgIpc) is 2.10. The third kappa shape index (κ3) is 3.44. The molecule has 3 heteroatoms. The number of aryl methyl sites for hydroxylation is 1. The van der Waals surface area contributed by atoms with Gasteiger partial charge in [0, 0.05) is 13.1 Å². The number of halogens is 1. The number of benzene rings is 1. The summed E-state index contributed by atoms with van der Waals surface area (Å²) < 4.78 is 13.1. The van der Waals surface area contributed by atoms with Gasteiger partial charge in [-0.25, -0.2) is 4.39 Å². The largest absolute Gasteiger partial charge is 0.392 e. The van der Waals surface area contributed by atoms with E-state index in [1.165, 1.54) is 6.07 Å². The van der Waals surface area contributed by atoms with Crippen molar-refractivity contribution < 1.29 is 9.50 Å². The van der Waals surface area contributed by atoms with Gasteiger partial charge >= 0.3 is 0 Å². The van der Waals surface area contributed by atoms with Gasteiger partial charge in [-0.1, -0.05) is 12.1 Å². The summed E-state index contributed by atoms with van der Waals surface area (Å²) in [5, 5.41) is 12.0. The Bertz CT molecular complexity index is 299. The van der Waals surface area contributed by atoms with E-state index in [1.54, 1.807) is 19.9 Å². The summed E-state index contributed by atoms with van der Waals surface area (Å²) in [7, 11) is 0. The Morgan fingerprint density at radius 1 is 1.50 bits per heavy atom. The predicted octanol–water partition coefficient (Wildman–Crippen LogP) is 1.60. The van der Waals surface area contributed by atoms with Crippen LogP contribution in [-0.2, 0) is 6.54 Å². The van der Waals surface area contributed by atoms with Crippen molar-refractivity contribution in [1.29, 1.82) is 0 Å². The molecule has 2 nitrogen and oxygen atoms in total. The summed E-state index contributed by atoms with van der Waals surface area (Å²) in [6, 6.07) is 5.16. The van der Waals surface area contributed by atoms with E-state index in [-0.39, 0.29) is 11.9 Å². The van der Waals surface area contributed by atoms with Crippen LogP contribution in [0.4, 0.5) is 4.39 Å². The van der Waals surface area contributed by atoms with E-state index < -0.39 is 0 Å². The smallest absolute Gasteiger partial charge is 0.126 e. The van der Waals surface area contributed by atoms with Gasteiger partial charge in [-0.2, -0.15) is 0 Å². The zero-order valence-corrected chi connectivity index (χ0v) is 8.55. The Balaban J connectivity index is 2.47. The molecule has 0 heterocycles. The third-order valence-corrected chi connectivity index (χ3v) is 2.01. The van der Waals surface area contributed by atoms with E-state index >= 15 is 0 Å². The molecule has 0 aliphatic heterocycles. The van der Waals surface area contributed by atoms with Crippen LogP contribution in [0.25, 0.3) is 0 Å². The molecule has 1 rings (SSSR count). The molecule has 0 saturated carbocycles. The maximum absolute atomic E-state index is 13.1. The van der Waals surface area contributed by atoms with Crippen LogP contribution >= 0.6 is 0 Å². The van der Waals surface area contributed by atoms with Crippen molar-refractivity contribution in [3.8, 4) is 0 Å². The summed E-state index contributed by atoms with van der Waals surface area (Å²) in [5.41, 5.74) is 1.55. The zero-order valence-electron chi connectivity index (χ0n) is 8.55. The Morgan fingerprint density at radius 3 is 2.79 bits per heavy atom. The second kappa shape index (κ2) is 5.08. The van der Waals surface area contributed by atoms with Crippen molar-refractivity contribution in [3.05, 3.63) is 35.1 Å². The van der Waals surface area contributed by atoms with E-state index in [2.05, 4.69) is 5.32 Å². The fourth-order valence-corrected chi connectivity index (χ4v) is 1.17. The summed E-state index contributed by atoms with van der Waals surface area (Å²) >= 11 is 0. The molecular formula is C11H16FNO. The second-order valence-corrected chi connectivity index (χ2v) is 3.56. The minimum atomic E-state index is -0.370. The van der Waals surface area contributed by atoms with Gasteiger partial charge in [0.25, 0.3) is 0 Å². The molecule has 0 aliphatic rings. The molecule has 1 aromatic carbocycles. The average molecular weight is 197 g/mol. The van der Waals surface area contributed by atoms with Crippen LogP contribution < -0.4 is 5.32 Å². The molecule has 14 heavy (non-hydrogen) atoms. The van der Waals surface area contributed by atoms with Gasteiger partial charge < -0.3 is 10.4 Å². The maximum Gasteiger partial charge on any atom is 0.126 e. The number of aliphatic hydroxyl groups is 1. The van der Waals surface area contributed by atoms with Crippen LogP contribution in [0.15, 0.2) is 18.2 Å². The number of nitrogens with one attached hydrogen (secondary N) is 1. The molecule has 0 saturated heterocycles. The van der Waals surface area contributed by atoms with Crippen LogP contribution in [0.2, 0.25) is 0 Å². The van der Waals surface area contributed by atoms with Gasteiger partial charge in [0.1, 0.15) is 5.82 Å².